The highest BCUT2D eigenvalue weighted by atomic mass is 16.5. The molecule has 4 nitrogen and oxygen atoms in total. The molecule has 0 aliphatic heterocycles. The minimum absolute atomic E-state index is 0.612. The van der Waals surface area contributed by atoms with Crippen molar-refractivity contribution in [1.29, 1.82) is 0 Å². The standard InChI is InChI=1S/C14H19N3O/c1-10-4-5-11(2)13(8-10)18-7-6-12-9-14(15)17(3)16-12/h4-5,8-9H,6-7,15H2,1-3H3. The van der Waals surface area contributed by atoms with Gasteiger partial charge in [0.05, 0.1) is 12.3 Å². The average molecular weight is 245 g/mol. The lowest BCUT2D eigenvalue weighted by atomic mass is 10.1. The maximum Gasteiger partial charge on any atom is 0.122 e. The summed E-state index contributed by atoms with van der Waals surface area (Å²) in [5.41, 5.74) is 9.05. The van der Waals surface area contributed by atoms with Gasteiger partial charge in [0.15, 0.2) is 0 Å². The molecule has 0 fully saturated rings. The molecule has 0 saturated heterocycles. The van der Waals surface area contributed by atoms with Crippen molar-refractivity contribution < 1.29 is 4.74 Å². The SMILES string of the molecule is Cc1ccc(C)c(OCCc2cc(N)n(C)n2)c1. The second kappa shape index (κ2) is 5.12. The smallest absolute Gasteiger partial charge is 0.122 e. The molecule has 0 amide bonds. The maximum atomic E-state index is 5.78. The van der Waals surface area contributed by atoms with Gasteiger partial charge in [-0.2, -0.15) is 5.10 Å². The first-order valence-corrected chi connectivity index (χ1v) is 6.04. The zero-order chi connectivity index (χ0) is 13.1. The van der Waals surface area contributed by atoms with E-state index in [1.807, 2.05) is 20.0 Å². The Labute approximate surface area is 107 Å². The third-order valence-electron chi connectivity index (χ3n) is 2.93. The number of aryl methyl sites for hydroxylation is 3. The van der Waals surface area contributed by atoms with Gasteiger partial charge in [0.25, 0.3) is 0 Å². The molecule has 0 atom stereocenters. The highest BCUT2D eigenvalue weighted by Gasteiger charge is 2.03. The molecule has 18 heavy (non-hydrogen) atoms. The molecule has 1 aromatic heterocycles. The van der Waals surface area contributed by atoms with E-state index in [1.165, 1.54) is 5.56 Å². The lowest BCUT2D eigenvalue weighted by molar-refractivity contribution is 0.318. The van der Waals surface area contributed by atoms with Gasteiger partial charge in [-0.3, -0.25) is 4.68 Å². The van der Waals surface area contributed by atoms with E-state index in [9.17, 15) is 0 Å². The van der Waals surface area contributed by atoms with Crippen LogP contribution in [0.25, 0.3) is 0 Å². The van der Waals surface area contributed by atoms with Crippen molar-refractivity contribution in [3.8, 4) is 5.75 Å². The third-order valence-corrected chi connectivity index (χ3v) is 2.93. The summed E-state index contributed by atoms with van der Waals surface area (Å²) < 4.78 is 7.45. The van der Waals surface area contributed by atoms with Crippen LogP contribution in [0, 0.1) is 13.8 Å². The van der Waals surface area contributed by atoms with Crippen molar-refractivity contribution >= 4 is 5.82 Å². The van der Waals surface area contributed by atoms with Crippen molar-refractivity contribution in [2.75, 3.05) is 12.3 Å². The van der Waals surface area contributed by atoms with Crippen LogP contribution in [0.1, 0.15) is 16.8 Å². The van der Waals surface area contributed by atoms with Crippen LogP contribution in [-0.2, 0) is 13.5 Å². The maximum absolute atomic E-state index is 5.78. The average Bonchev–Trinajstić information content (AvgIpc) is 2.63. The molecule has 0 aliphatic carbocycles. The monoisotopic (exact) mass is 245 g/mol. The summed E-state index contributed by atoms with van der Waals surface area (Å²) in [5.74, 6) is 1.62. The Morgan fingerprint density at radius 1 is 1.28 bits per heavy atom. The van der Waals surface area contributed by atoms with Gasteiger partial charge < -0.3 is 10.5 Å². The predicted octanol–water partition coefficient (Wildman–Crippen LogP) is 2.24. The minimum Gasteiger partial charge on any atom is -0.493 e. The number of hydrogen-bond donors (Lipinski definition) is 1. The molecule has 2 aromatic rings. The van der Waals surface area contributed by atoms with Crippen LogP contribution in [0.15, 0.2) is 24.3 Å². The first-order valence-electron chi connectivity index (χ1n) is 6.04. The number of aromatic nitrogens is 2. The lowest BCUT2D eigenvalue weighted by Gasteiger charge is -2.09. The van der Waals surface area contributed by atoms with Crippen LogP contribution >= 0.6 is 0 Å². The molecular formula is C14H19N3O. The topological polar surface area (TPSA) is 53.1 Å². The molecule has 0 unspecified atom stereocenters. The first-order chi connectivity index (χ1) is 8.56. The predicted molar refractivity (Wildman–Crippen MR) is 72.7 cm³/mol. The van der Waals surface area contributed by atoms with Crippen molar-refractivity contribution in [2.24, 2.45) is 7.05 Å². The molecule has 2 rings (SSSR count). The summed E-state index contributed by atoms with van der Waals surface area (Å²) in [6.07, 6.45) is 0.762. The quantitative estimate of drug-likeness (QED) is 0.898. The Balaban J connectivity index is 1.94. The third kappa shape index (κ3) is 2.83. The van der Waals surface area contributed by atoms with Gasteiger partial charge in [-0.1, -0.05) is 12.1 Å². The molecule has 96 valence electrons. The fraction of sp³-hybridized carbons (Fsp3) is 0.357. The summed E-state index contributed by atoms with van der Waals surface area (Å²) in [6, 6.07) is 8.10. The largest absolute Gasteiger partial charge is 0.493 e. The normalized spacial score (nSPS) is 10.6. The van der Waals surface area contributed by atoms with E-state index in [1.54, 1.807) is 4.68 Å². The Bertz CT molecular complexity index is 526. The van der Waals surface area contributed by atoms with Gasteiger partial charge in [-0.05, 0) is 31.0 Å². The van der Waals surface area contributed by atoms with E-state index in [-0.39, 0.29) is 0 Å². The van der Waals surface area contributed by atoms with Gasteiger partial charge in [-0.25, -0.2) is 0 Å². The number of nitrogens with zero attached hydrogens (tertiary/aromatic N) is 2. The number of nitrogens with two attached hydrogens (primary N) is 1. The van der Waals surface area contributed by atoms with Crippen molar-refractivity contribution in [3.05, 3.63) is 41.1 Å². The first kappa shape index (κ1) is 12.5. The van der Waals surface area contributed by atoms with Crippen LogP contribution in [0.3, 0.4) is 0 Å². The number of nitrogen functional groups attached to an aromatic ring is 1. The fourth-order valence-electron chi connectivity index (χ4n) is 1.79. The Morgan fingerprint density at radius 3 is 2.72 bits per heavy atom. The highest BCUT2D eigenvalue weighted by Crippen LogP contribution is 2.19. The molecule has 1 heterocycles. The summed E-state index contributed by atoms with van der Waals surface area (Å²) in [5, 5.41) is 4.29. The van der Waals surface area contributed by atoms with E-state index >= 15 is 0 Å². The molecule has 2 N–H and O–H groups in total. The van der Waals surface area contributed by atoms with Gasteiger partial charge >= 0.3 is 0 Å². The van der Waals surface area contributed by atoms with E-state index in [2.05, 4.69) is 30.2 Å². The fourth-order valence-corrected chi connectivity index (χ4v) is 1.79. The number of rotatable bonds is 4. The van der Waals surface area contributed by atoms with Gasteiger partial charge in [0.1, 0.15) is 11.6 Å². The van der Waals surface area contributed by atoms with E-state index in [0.29, 0.717) is 12.4 Å². The molecule has 0 aliphatic rings. The number of hydrogen-bond acceptors (Lipinski definition) is 3. The summed E-state index contributed by atoms with van der Waals surface area (Å²) in [7, 11) is 1.84. The second-order valence-corrected chi connectivity index (χ2v) is 4.55. The summed E-state index contributed by atoms with van der Waals surface area (Å²) in [4.78, 5) is 0. The van der Waals surface area contributed by atoms with Crippen LogP contribution in [-0.4, -0.2) is 16.4 Å². The molecule has 0 radical (unpaired) electrons. The minimum atomic E-state index is 0.612. The molecule has 4 heteroatoms. The van der Waals surface area contributed by atoms with Crippen molar-refractivity contribution in [1.82, 2.24) is 9.78 Å². The molecule has 0 spiro atoms. The Kier molecular flexibility index (Phi) is 3.55. The summed E-state index contributed by atoms with van der Waals surface area (Å²) in [6.45, 7) is 4.72. The Hall–Kier alpha value is -1.97. The molecule has 0 bridgehead atoms. The zero-order valence-corrected chi connectivity index (χ0v) is 11.1. The number of ether oxygens (including phenoxy) is 1. The second-order valence-electron chi connectivity index (χ2n) is 4.55. The highest BCUT2D eigenvalue weighted by molar-refractivity contribution is 5.36. The van der Waals surface area contributed by atoms with Crippen LogP contribution in [0.4, 0.5) is 5.82 Å². The molecule has 1 aromatic carbocycles. The van der Waals surface area contributed by atoms with Crippen LogP contribution in [0.2, 0.25) is 0 Å². The number of benzene rings is 1. The lowest BCUT2D eigenvalue weighted by Crippen LogP contribution is -2.03. The summed E-state index contributed by atoms with van der Waals surface area (Å²) >= 11 is 0. The van der Waals surface area contributed by atoms with Crippen molar-refractivity contribution in [2.45, 2.75) is 20.3 Å². The van der Waals surface area contributed by atoms with Gasteiger partial charge in [0, 0.05) is 19.5 Å². The van der Waals surface area contributed by atoms with Crippen LogP contribution < -0.4 is 10.5 Å². The van der Waals surface area contributed by atoms with E-state index in [0.717, 1.165) is 23.4 Å². The van der Waals surface area contributed by atoms with Gasteiger partial charge in [0.2, 0.25) is 0 Å². The van der Waals surface area contributed by atoms with Crippen LogP contribution in [0.5, 0.6) is 5.75 Å². The van der Waals surface area contributed by atoms with E-state index < -0.39 is 0 Å². The molecular weight excluding hydrogens is 226 g/mol. The number of anilines is 1. The van der Waals surface area contributed by atoms with Gasteiger partial charge in [-0.15, -0.1) is 0 Å². The van der Waals surface area contributed by atoms with Crippen molar-refractivity contribution in [3.63, 3.8) is 0 Å². The molecule has 0 saturated carbocycles. The Morgan fingerprint density at radius 2 is 2.06 bits per heavy atom. The van der Waals surface area contributed by atoms with E-state index in [4.69, 9.17) is 10.5 Å². The zero-order valence-electron chi connectivity index (χ0n) is 11.1.